The molecule has 4 heteroatoms. The molecule has 2 aliphatic rings. The van der Waals surface area contributed by atoms with Crippen LogP contribution in [0.3, 0.4) is 0 Å². The lowest BCUT2D eigenvalue weighted by molar-refractivity contribution is -0.133. The highest BCUT2D eigenvalue weighted by Gasteiger charge is 2.26. The van der Waals surface area contributed by atoms with E-state index in [-0.39, 0.29) is 0 Å². The van der Waals surface area contributed by atoms with Crippen molar-refractivity contribution in [2.45, 2.75) is 65.3 Å². The molecule has 0 spiro atoms. The molecule has 0 bridgehead atoms. The highest BCUT2D eigenvalue weighted by atomic mass is 16.2. The summed E-state index contributed by atoms with van der Waals surface area (Å²) in [5.41, 5.74) is 4.97. The Morgan fingerprint density at radius 2 is 1.73 bits per heavy atom. The number of carbonyl (C=O) groups excluding carboxylic acids is 1. The zero-order valence-electron chi connectivity index (χ0n) is 16.2. The maximum Gasteiger partial charge on any atom is 0.222 e. The van der Waals surface area contributed by atoms with Crippen LogP contribution in [-0.2, 0) is 11.3 Å². The molecule has 1 aliphatic carbocycles. The van der Waals surface area contributed by atoms with Crippen molar-refractivity contribution < 1.29 is 4.79 Å². The first-order valence-corrected chi connectivity index (χ1v) is 10.3. The summed E-state index contributed by atoms with van der Waals surface area (Å²) < 4.78 is 2.31. The van der Waals surface area contributed by atoms with Crippen LogP contribution in [0.4, 0.5) is 0 Å². The normalized spacial score (nSPS) is 19.5. The van der Waals surface area contributed by atoms with Gasteiger partial charge in [0.25, 0.3) is 0 Å². The van der Waals surface area contributed by atoms with E-state index < -0.39 is 0 Å². The molecule has 0 atom stereocenters. The summed E-state index contributed by atoms with van der Waals surface area (Å²) in [6.45, 7) is 7.19. The zero-order valence-corrected chi connectivity index (χ0v) is 16.2. The molecular formula is C22H31N3O. The van der Waals surface area contributed by atoms with Crippen molar-refractivity contribution in [3.63, 3.8) is 0 Å². The first-order valence-electron chi connectivity index (χ1n) is 10.3. The van der Waals surface area contributed by atoms with E-state index in [4.69, 9.17) is 0 Å². The molecule has 0 unspecified atom stereocenters. The highest BCUT2D eigenvalue weighted by Crippen LogP contribution is 2.29. The number of carbonyl (C=O) groups is 1. The summed E-state index contributed by atoms with van der Waals surface area (Å²) in [4.78, 5) is 19.2. The average Bonchev–Trinajstić information content (AvgIpc) is 3.27. The van der Waals surface area contributed by atoms with E-state index in [1.54, 1.807) is 0 Å². The fourth-order valence-electron chi connectivity index (χ4n) is 4.69. The molecule has 2 heterocycles. The number of imidazole rings is 1. The van der Waals surface area contributed by atoms with Gasteiger partial charge in [0.1, 0.15) is 0 Å². The lowest BCUT2D eigenvalue weighted by Gasteiger charge is -2.33. The first kappa shape index (κ1) is 17.6. The Balaban J connectivity index is 1.34. The summed E-state index contributed by atoms with van der Waals surface area (Å²) in [5.74, 6) is 1.70. The molecule has 0 N–H and O–H groups in total. The minimum atomic E-state index is 0.398. The molecule has 1 saturated heterocycles. The van der Waals surface area contributed by atoms with Gasteiger partial charge in [-0.05, 0) is 74.6 Å². The van der Waals surface area contributed by atoms with Gasteiger partial charge in [-0.3, -0.25) is 4.79 Å². The molecule has 26 heavy (non-hydrogen) atoms. The molecule has 2 aromatic rings. The molecule has 1 aromatic carbocycles. The number of likely N-dealkylation sites (tertiary alicyclic amines) is 1. The van der Waals surface area contributed by atoms with Crippen LogP contribution in [0.5, 0.6) is 0 Å². The molecule has 1 amide bonds. The van der Waals surface area contributed by atoms with E-state index in [0.29, 0.717) is 17.7 Å². The third-order valence-corrected chi connectivity index (χ3v) is 6.60. The van der Waals surface area contributed by atoms with Crippen LogP contribution in [0.25, 0.3) is 11.0 Å². The number of hydrogen-bond acceptors (Lipinski definition) is 2. The van der Waals surface area contributed by atoms with Crippen LogP contribution >= 0.6 is 0 Å². The zero-order chi connectivity index (χ0) is 18.1. The van der Waals surface area contributed by atoms with Crippen LogP contribution < -0.4 is 0 Å². The van der Waals surface area contributed by atoms with Crippen molar-refractivity contribution in [2.75, 3.05) is 13.1 Å². The number of hydrogen-bond donors (Lipinski definition) is 0. The summed E-state index contributed by atoms with van der Waals surface area (Å²) in [6, 6.07) is 4.45. The molecule has 1 aliphatic heterocycles. The lowest BCUT2D eigenvalue weighted by atomic mass is 9.95. The molecule has 0 radical (unpaired) electrons. The summed E-state index contributed by atoms with van der Waals surface area (Å²) in [7, 11) is 0. The Kier molecular flexibility index (Phi) is 5.01. The molecular weight excluding hydrogens is 322 g/mol. The largest absolute Gasteiger partial charge is 0.343 e. The number of benzene rings is 1. The van der Waals surface area contributed by atoms with Crippen molar-refractivity contribution >= 4 is 16.9 Å². The third-order valence-electron chi connectivity index (χ3n) is 6.60. The van der Waals surface area contributed by atoms with Gasteiger partial charge in [0.2, 0.25) is 5.91 Å². The van der Waals surface area contributed by atoms with E-state index in [1.165, 1.54) is 42.3 Å². The number of amides is 1. The van der Waals surface area contributed by atoms with E-state index in [1.807, 2.05) is 6.33 Å². The smallest absolute Gasteiger partial charge is 0.222 e. The standard InChI is InChI=1S/C22H31N3O/c1-16-11-20-21(12-17(16)2)25(15-23-20)14-19-7-9-24(10-8-19)22(26)13-18-5-3-4-6-18/h11-12,15,18-19H,3-10,13-14H2,1-2H3. The third kappa shape index (κ3) is 3.65. The van der Waals surface area contributed by atoms with E-state index in [9.17, 15) is 4.79 Å². The fourth-order valence-corrected chi connectivity index (χ4v) is 4.69. The van der Waals surface area contributed by atoms with Crippen molar-refractivity contribution in [1.29, 1.82) is 0 Å². The molecule has 140 valence electrons. The van der Waals surface area contributed by atoms with Crippen LogP contribution in [-0.4, -0.2) is 33.4 Å². The molecule has 4 nitrogen and oxygen atoms in total. The van der Waals surface area contributed by atoms with Gasteiger partial charge >= 0.3 is 0 Å². The number of rotatable bonds is 4. The number of aromatic nitrogens is 2. The van der Waals surface area contributed by atoms with Gasteiger partial charge in [-0.2, -0.15) is 0 Å². The maximum atomic E-state index is 12.5. The van der Waals surface area contributed by atoms with Crippen LogP contribution in [0.2, 0.25) is 0 Å². The minimum Gasteiger partial charge on any atom is -0.343 e. The van der Waals surface area contributed by atoms with E-state index in [0.717, 1.165) is 44.4 Å². The van der Waals surface area contributed by atoms with Crippen LogP contribution in [0.1, 0.15) is 56.1 Å². The van der Waals surface area contributed by atoms with Crippen molar-refractivity contribution in [3.8, 4) is 0 Å². The molecule has 1 aromatic heterocycles. The van der Waals surface area contributed by atoms with Gasteiger partial charge in [0.05, 0.1) is 17.4 Å². The maximum absolute atomic E-state index is 12.5. The Morgan fingerprint density at radius 1 is 1.04 bits per heavy atom. The van der Waals surface area contributed by atoms with Crippen molar-refractivity contribution in [2.24, 2.45) is 11.8 Å². The van der Waals surface area contributed by atoms with Gasteiger partial charge in [-0.25, -0.2) is 4.98 Å². The Labute approximate surface area is 156 Å². The first-order chi connectivity index (χ1) is 12.6. The highest BCUT2D eigenvalue weighted by molar-refractivity contribution is 5.77. The second kappa shape index (κ2) is 7.42. The van der Waals surface area contributed by atoms with Crippen LogP contribution in [0, 0.1) is 25.7 Å². The summed E-state index contributed by atoms with van der Waals surface area (Å²) in [6.07, 6.45) is 10.2. The quantitative estimate of drug-likeness (QED) is 0.813. The Morgan fingerprint density at radius 3 is 2.46 bits per heavy atom. The monoisotopic (exact) mass is 353 g/mol. The molecule has 2 fully saturated rings. The minimum absolute atomic E-state index is 0.398. The Hall–Kier alpha value is -1.84. The molecule has 1 saturated carbocycles. The van der Waals surface area contributed by atoms with Gasteiger partial charge < -0.3 is 9.47 Å². The fraction of sp³-hybridized carbons (Fsp3) is 0.636. The Bertz CT molecular complexity index is 780. The summed E-state index contributed by atoms with van der Waals surface area (Å²) in [5, 5.41) is 0. The predicted molar refractivity (Wildman–Crippen MR) is 105 cm³/mol. The number of fused-ring (bicyclic) bond motifs is 1. The van der Waals surface area contributed by atoms with Gasteiger partial charge in [-0.1, -0.05) is 12.8 Å². The van der Waals surface area contributed by atoms with Gasteiger partial charge in [-0.15, -0.1) is 0 Å². The molecule has 4 rings (SSSR count). The van der Waals surface area contributed by atoms with Crippen LogP contribution in [0.15, 0.2) is 18.5 Å². The number of nitrogens with zero attached hydrogens (tertiary/aromatic N) is 3. The second-order valence-corrected chi connectivity index (χ2v) is 8.50. The average molecular weight is 354 g/mol. The number of aryl methyl sites for hydroxylation is 2. The van der Waals surface area contributed by atoms with Gasteiger partial charge in [0, 0.05) is 26.1 Å². The SMILES string of the molecule is Cc1cc2ncn(CC3CCN(C(=O)CC4CCCC4)CC3)c2cc1C. The topological polar surface area (TPSA) is 38.1 Å². The second-order valence-electron chi connectivity index (χ2n) is 8.50. The lowest BCUT2D eigenvalue weighted by Crippen LogP contribution is -2.39. The van der Waals surface area contributed by atoms with Gasteiger partial charge in [0.15, 0.2) is 0 Å². The van der Waals surface area contributed by atoms with E-state index in [2.05, 4.69) is 40.4 Å². The van der Waals surface area contributed by atoms with Crippen molar-refractivity contribution in [3.05, 3.63) is 29.6 Å². The summed E-state index contributed by atoms with van der Waals surface area (Å²) >= 11 is 0. The predicted octanol–water partition coefficient (Wildman–Crippen LogP) is 4.47. The number of piperidine rings is 1. The van der Waals surface area contributed by atoms with E-state index >= 15 is 0 Å². The van der Waals surface area contributed by atoms with Crippen molar-refractivity contribution in [1.82, 2.24) is 14.5 Å².